The molecule has 3 nitrogen and oxygen atoms in total. The molecule has 1 aromatic rings. The molecule has 0 atom stereocenters. The first-order chi connectivity index (χ1) is 6.72. The fourth-order valence-electron chi connectivity index (χ4n) is 1.21. The molecule has 0 bridgehead atoms. The third-order valence-corrected chi connectivity index (χ3v) is 2.05. The molecule has 0 saturated heterocycles. The molecule has 0 spiro atoms. The number of ether oxygens (including phenoxy) is 2. The molecule has 0 unspecified atom stereocenters. The van der Waals surface area contributed by atoms with Crippen molar-refractivity contribution in [2.24, 2.45) is 0 Å². The number of nitriles is 1. The predicted molar refractivity (Wildman–Crippen MR) is 53.9 cm³/mol. The minimum absolute atomic E-state index is 0.240. The van der Waals surface area contributed by atoms with Crippen molar-refractivity contribution in [2.75, 3.05) is 14.2 Å². The Morgan fingerprint density at radius 2 is 1.79 bits per heavy atom. The molecular weight excluding hydrogens is 202 g/mol. The van der Waals surface area contributed by atoms with Crippen LogP contribution < -0.4 is 9.47 Å². The first-order valence-electron chi connectivity index (χ1n) is 4.00. The van der Waals surface area contributed by atoms with Gasteiger partial charge in [-0.1, -0.05) is 11.6 Å². The lowest BCUT2D eigenvalue weighted by molar-refractivity contribution is 0.387. The van der Waals surface area contributed by atoms with Crippen molar-refractivity contribution < 1.29 is 9.47 Å². The maximum atomic E-state index is 8.63. The van der Waals surface area contributed by atoms with Crippen molar-refractivity contribution in [3.8, 4) is 17.6 Å². The van der Waals surface area contributed by atoms with Gasteiger partial charge in [-0.05, 0) is 12.1 Å². The molecule has 0 N–H and O–H groups in total. The van der Waals surface area contributed by atoms with E-state index < -0.39 is 0 Å². The van der Waals surface area contributed by atoms with Crippen LogP contribution in [0.15, 0.2) is 12.1 Å². The molecule has 0 saturated carbocycles. The van der Waals surface area contributed by atoms with Crippen molar-refractivity contribution in [1.82, 2.24) is 0 Å². The molecule has 0 heterocycles. The number of hydrogen-bond donors (Lipinski definition) is 0. The van der Waals surface area contributed by atoms with Gasteiger partial charge in [-0.3, -0.25) is 0 Å². The second kappa shape index (κ2) is 4.73. The molecule has 74 valence electrons. The standard InChI is InChI=1S/C10H10ClNO2/c1-13-9-5-7(11)6-10(14-2)8(9)3-4-12/h5-6H,3H2,1-2H3. The first-order valence-corrected chi connectivity index (χ1v) is 4.38. The van der Waals surface area contributed by atoms with Crippen LogP contribution >= 0.6 is 11.6 Å². The van der Waals surface area contributed by atoms with Crippen LogP contribution in [0.4, 0.5) is 0 Å². The van der Waals surface area contributed by atoms with Crippen molar-refractivity contribution in [3.63, 3.8) is 0 Å². The second-order valence-electron chi connectivity index (χ2n) is 2.62. The Labute approximate surface area is 87.8 Å². The molecule has 0 aromatic heterocycles. The first kappa shape index (κ1) is 10.7. The molecule has 1 aromatic carbocycles. The lowest BCUT2D eigenvalue weighted by Gasteiger charge is -2.11. The molecule has 4 heteroatoms. The summed E-state index contributed by atoms with van der Waals surface area (Å²) in [5.41, 5.74) is 0.724. The van der Waals surface area contributed by atoms with Crippen LogP contribution in [-0.2, 0) is 6.42 Å². The summed E-state index contributed by atoms with van der Waals surface area (Å²) < 4.78 is 10.2. The number of hydrogen-bond acceptors (Lipinski definition) is 3. The van der Waals surface area contributed by atoms with Crippen molar-refractivity contribution >= 4 is 11.6 Å². The minimum atomic E-state index is 0.240. The van der Waals surface area contributed by atoms with Crippen LogP contribution in [0.25, 0.3) is 0 Å². The van der Waals surface area contributed by atoms with E-state index >= 15 is 0 Å². The van der Waals surface area contributed by atoms with Gasteiger partial charge < -0.3 is 9.47 Å². The van der Waals surface area contributed by atoms with Gasteiger partial charge in [-0.15, -0.1) is 0 Å². The van der Waals surface area contributed by atoms with E-state index in [2.05, 4.69) is 0 Å². The zero-order chi connectivity index (χ0) is 10.6. The molecule has 0 aliphatic heterocycles. The van der Waals surface area contributed by atoms with Gasteiger partial charge in [-0.2, -0.15) is 5.26 Å². The average molecular weight is 212 g/mol. The Morgan fingerprint density at radius 1 is 1.29 bits per heavy atom. The number of benzene rings is 1. The SMILES string of the molecule is COc1cc(Cl)cc(OC)c1CC#N. The van der Waals surface area contributed by atoms with Gasteiger partial charge in [0.25, 0.3) is 0 Å². The fourth-order valence-corrected chi connectivity index (χ4v) is 1.40. The number of rotatable bonds is 3. The summed E-state index contributed by atoms with van der Waals surface area (Å²) >= 11 is 5.84. The summed E-state index contributed by atoms with van der Waals surface area (Å²) in [6.07, 6.45) is 0.240. The van der Waals surface area contributed by atoms with E-state index in [9.17, 15) is 0 Å². The van der Waals surface area contributed by atoms with Crippen molar-refractivity contribution in [1.29, 1.82) is 5.26 Å². The van der Waals surface area contributed by atoms with Gasteiger partial charge >= 0.3 is 0 Å². The Hall–Kier alpha value is -1.40. The number of nitrogens with zero attached hydrogens (tertiary/aromatic N) is 1. The second-order valence-corrected chi connectivity index (χ2v) is 3.06. The van der Waals surface area contributed by atoms with Crippen molar-refractivity contribution in [3.05, 3.63) is 22.7 Å². The average Bonchev–Trinajstić information content (AvgIpc) is 2.20. The third-order valence-electron chi connectivity index (χ3n) is 1.83. The Morgan fingerprint density at radius 3 is 2.14 bits per heavy atom. The fraction of sp³-hybridized carbons (Fsp3) is 0.300. The zero-order valence-electron chi connectivity index (χ0n) is 8.00. The van der Waals surface area contributed by atoms with Crippen molar-refractivity contribution in [2.45, 2.75) is 6.42 Å². The smallest absolute Gasteiger partial charge is 0.128 e. The Bertz CT molecular complexity index is 346. The zero-order valence-corrected chi connectivity index (χ0v) is 8.76. The lowest BCUT2D eigenvalue weighted by atomic mass is 10.1. The summed E-state index contributed by atoms with van der Waals surface area (Å²) in [5, 5.41) is 9.16. The van der Waals surface area contributed by atoms with Gasteiger partial charge in [0, 0.05) is 5.02 Å². The predicted octanol–water partition coefficient (Wildman–Crippen LogP) is 2.42. The summed E-state index contributed by atoms with van der Waals surface area (Å²) in [4.78, 5) is 0. The Balaban J connectivity index is 3.26. The van der Waals surface area contributed by atoms with E-state index in [-0.39, 0.29) is 6.42 Å². The highest BCUT2D eigenvalue weighted by Crippen LogP contribution is 2.32. The largest absolute Gasteiger partial charge is 0.496 e. The molecule has 0 aliphatic rings. The topological polar surface area (TPSA) is 42.2 Å². The van der Waals surface area contributed by atoms with E-state index in [4.69, 9.17) is 26.3 Å². The summed E-state index contributed by atoms with van der Waals surface area (Å²) in [6, 6.07) is 5.38. The highest BCUT2D eigenvalue weighted by Gasteiger charge is 2.11. The molecule has 0 amide bonds. The molecule has 0 aliphatic carbocycles. The van der Waals surface area contributed by atoms with Crippen LogP contribution in [0, 0.1) is 11.3 Å². The third kappa shape index (κ3) is 2.09. The molecule has 0 radical (unpaired) electrons. The van der Waals surface area contributed by atoms with Gasteiger partial charge in [0.1, 0.15) is 11.5 Å². The van der Waals surface area contributed by atoms with Crippen LogP contribution in [0.5, 0.6) is 11.5 Å². The highest BCUT2D eigenvalue weighted by atomic mass is 35.5. The molecule has 14 heavy (non-hydrogen) atoms. The summed E-state index contributed by atoms with van der Waals surface area (Å²) in [5.74, 6) is 1.16. The molecular formula is C10H10ClNO2. The van der Waals surface area contributed by atoms with E-state index in [0.29, 0.717) is 16.5 Å². The monoisotopic (exact) mass is 211 g/mol. The lowest BCUT2D eigenvalue weighted by Crippen LogP contribution is -1.96. The van der Waals surface area contributed by atoms with E-state index in [1.54, 1.807) is 12.1 Å². The van der Waals surface area contributed by atoms with E-state index in [1.807, 2.05) is 6.07 Å². The van der Waals surface area contributed by atoms with Crippen LogP contribution in [0.1, 0.15) is 5.56 Å². The van der Waals surface area contributed by atoms with Gasteiger partial charge in [-0.25, -0.2) is 0 Å². The quantitative estimate of drug-likeness (QED) is 0.771. The Kier molecular flexibility index (Phi) is 3.61. The maximum absolute atomic E-state index is 8.63. The minimum Gasteiger partial charge on any atom is -0.496 e. The molecule has 1 rings (SSSR count). The van der Waals surface area contributed by atoms with Gasteiger partial charge in [0.15, 0.2) is 0 Å². The summed E-state index contributed by atoms with van der Waals surface area (Å²) in [7, 11) is 3.07. The van der Waals surface area contributed by atoms with E-state index in [0.717, 1.165) is 5.56 Å². The van der Waals surface area contributed by atoms with Gasteiger partial charge in [0.2, 0.25) is 0 Å². The molecule has 0 fully saturated rings. The number of halogens is 1. The maximum Gasteiger partial charge on any atom is 0.128 e. The summed E-state index contributed by atoms with van der Waals surface area (Å²) in [6.45, 7) is 0. The van der Waals surface area contributed by atoms with Crippen LogP contribution in [0.2, 0.25) is 5.02 Å². The van der Waals surface area contributed by atoms with Gasteiger partial charge in [0.05, 0.1) is 32.3 Å². The van der Waals surface area contributed by atoms with E-state index in [1.165, 1.54) is 14.2 Å². The normalized spacial score (nSPS) is 9.29. The highest BCUT2D eigenvalue weighted by molar-refractivity contribution is 6.30. The van der Waals surface area contributed by atoms with Crippen LogP contribution in [-0.4, -0.2) is 14.2 Å². The number of methoxy groups -OCH3 is 2. The van der Waals surface area contributed by atoms with Crippen LogP contribution in [0.3, 0.4) is 0 Å².